The van der Waals surface area contributed by atoms with Crippen molar-refractivity contribution in [3.63, 3.8) is 0 Å². The summed E-state index contributed by atoms with van der Waals surface area (Å²) in [5.74, 6) is -0.229. The van der Waals surface area contributed by atoms with Crippen LogP contribution in [0.2, 0.25) is 0 Å². The van der Waals surface area contributed by atoms with Gasteiger partial charge in [0.05, 0.1) is 11.4 Å². The lowest BCUT2D eigenvalue weighted by Crippen LogP contribution is -2.30. The molecule has 0 saturated carbocycles. The molecule has 6 nitrogen and oxygen atoms in total. The maximum Gasteiger partial charge on any atom is 0.269 e. The van der Waals surface area contributed by atoms with Crippen LogP contribution in [0.1, 0.15) is 36.5 Å². The van der Waals surface area contributed by atoms with Crippen LogP contribution >= 0.6 is 0 Å². The van der Waals surface area contributed by atoms with Crippen LogP contribution in [0.3, 0.4) is 0 Å². The molecule has 1 aromatic rings. The molecule has 0 spiro atoms. The van der Waals surface area contributed by atoms with Gasteiger partial charge in [0.2, 0.25) is 0 Å². The minimum Gasteiger partial charge on any atom is -0.350 e. The number of hydrogen-bond acceptors (Lipinski definition) is 4. The van der Waals surface area contributed by atoms with Crippen LogP contribution in [0.25, 0.3) is 0 Å². The van der Waals surface area contributed by atoms with Gasteiger partial charge in [0.25, 0.3) is 5.91 Å². The third-order valence-corrected chi connectivity index (χ3v) is 4.51. The van der Waals surface area contributed by atoms with Crippen LogP contribution in [0, 0.1) is 0 Å². The van der Waals surface area contributed by atoms with Gasteiger partial charge in [-0.05, 0) is 12.5 Å². The van der Waals surface area contributed by atoms with Gasteiger partial charge in [0.1, 0.15) is 5.69 Å². The Morgan fingerprint density at radius 2 is 2.11 bits per heavy atom. The number of nitrogens with one attached hydrogen (secondary N) is 1. The van der Waals surface area contributed by atoms with Gasteiger partial charge in [0, 0.05) is 19.3 Å². The Hall–Kier alpha value is -1.37. The number of aryl methyl sites for hydroxylation is 2. The van der Waals surface area contributed by atoms with E-state index in [9.17, 15) is 13.2 Å². The molecule has 0 aliphatic heterocycles. The van der Waals surface area contributed by atoms with Crippen molar-refractivity contribution >= 4 is 15.7 Å². The van der Waals surface area contributed by atoms with E-state index in [-0.39, 0.29) is 24.0 Å². The summed E-state index contributed by atoms with van der Waals surface area (Å²) in [6.45, 7) is 3.77. The first-order valence-corrected chi connectivity index (χ1v) is 8.23. The molecular formula is C12H21N3O3S. The highest BCUT2D eigenvalue weighted by Crippen LogP contribution is 2.05. The first-order chi connectivity index (χ1) is 8.89. The molecule has 0 aliphatic carbocycles. The Balaban J connectivity index is 2.59. The molecule has 1 heterocycles. The highest BCUT2D eigenvalue weighted by atomic mass is 32.2. The van der Waals surface area contributed by atoms with Crippen LogP contribution in [-0.2, 0) is 23.3 Å². The third-order valence-electron chi connectivity index (χ3n) is 2.81. The van der Waals surface area contributed by atoms with E-state index in [4.69, 9.17) is 0 Å². The van der Waals surface area contributed by atoms with Crippen molar-refractivity contribution in [1.82, 2.24) is 15.1 Å². The van der Waals surface area contributed by atoms with Crippen molar-refractivity contribution in [3.05, 3.63) is 17.5 Å². The molecule has 1 rings (SSSR count). The Bertz CT molecular complexity index is 534. The van der Waals surface area contributed by atoms with E-state index < -0.39 is 9.84 Å². The topological polar surface area (TPSA) is 81.1 Å². The van der Waals surface area contributed by atoms with E-state index in [1.165, 1.54) is 4.68 Å². The lowest BCUT2D eigenvalue weighted by Gasteiger charge is -2.05. The van der Waals surface area contributed by atoms with Crippen molar-refractivity contribution in [2.75, 3.05) is 18.1 Å². The van der Waals surface area contributed by atoms with Gasteiger partial charge in [-0.3, -0.25) is 9.48 Å². The minimum absolute atomic E-state index is 0.0328. The molecule has 108 valence electrons. The number of nitrogens with zero attached hydrogens (tertiary/aromatic N) is 2. The summed E-state index contributed by atoms with van der Waals surface area (Å²) < 4.78 is 24.1. The fourth-order valence-corrected chi connectivity index (χ4v) is 2.37. The molecule has 0 aromatic carbocycles. The fourth-order valence-electron chi connectivity index (χ4n) is 1.67. The molecule has 0 unspecified atom stereocenters. The number of carbonyl (C=O) groups is 1. The molecule has 0 saturated heterocycles. The number of aromatic nitrogens is 2. The lowest BCUT2D eigenvalue weighted by molar-refractivity contribution is 0.0946. The molecule has 0 aliphatic rings. The zero-order chi connectivity index (χ0) is 14.5. The SMILES string of the molecule is CCCc1cc(C(=O)NCCS(=O)(=O)CC)n(C)n1. The van der Waals surface area contributed by atoms with Gasteiger partial charge in [-0.1, -0.05) is 20.3 Å². The van der Waals surface area contributed by atoms with E-state index in [1.807, 2.05) is 6.92 Å². The predicted molar refractivity (Wildman–Crippen MR) is 73.9 cm³/mol. The number of rotatable bonds is 7. The van der Waals surface area contributed by atoms with Crippen molar-refractivity contribution in [2.24, 2.45) is 7.05 Å². The van der Waals surface area contributed by atoms with Gasteiger partial charge in [-0.25, -0.2) is 8.42 Å². The normalized spacial score (nSPS) is 11.5. The Labute approximate surface area is 114 Å². The van der Waals surface area contributed by atoms with Crippen LogP contribution in [-0.4, -0.2) is 42.2 Å². The quantitative estimate of drug-likeness (QED) is 0.793. The molecule has 0 bridgehead atoms. The van der Waals surface area contributed by atoms with Gasteiger partial charge in [0.15, 0.2) is 9.84 Å². The van der Waals surface area contributed by atoms with Gasteiger partial charge < -0.3 is 5.32 Å². The van der Waals surface area contributed by atoms with E-state index in [0.29, 0.717) is 5.69 Å². The molecule has 7 heteroatoms. The maximum atomic E-state index is 11.9. The maximum absolute atomic E-state index is 11.9. The van der Waals surface area contributed by atoms with Crippen LogP contribution in [0.4, 0.5) is 0 Å². The average Bonchev–Trinajstić information content (AvgIpc) is 2.70. The number of amides is 1. The molecule has 0 radical (unpaired) electrons. The smallest absolute Gasteiger partial charge is 0.269 e. The standard InChI is InChI=1S/C12H21N3O3S/c1-4-6-10-9-11(15(3)14-10)12(16)13-7-8-19(17,18)5-2/h9H,4-8H2,1-3H3,(H,13,16). The van der Waals surface area contributed by atoms with Crippen LogP contribution < -0.4 is 5.32 Å². The van der Waals surface area contributed by atoms with Gasteiger partial charge in [-0.2, -0.15) is 5.10 Å². The van der Waals surface area contributed by atoms with E-state index in [0.717, 1.165) is 18.5 Å². The Morgan fingerprint density at radius 3 is 2.68 bits per heavy atom. The summed E-state index contributed by atoms with van der Waals surface area (Å²) in [6, 6.07) is 1.74. The molecular weight excluding hydrogens is 266 g/mol. The second-order valence-electron chi connectivity index (χ2n) is 4.39. The Morgan fingerprint density at radius 1 is 1.42 bits per heavy atom. The van der Waals surface area contributed by atoms with Gasteiger partial charge in [-0.15, -0.1) is 0 Å². The summed E-state index contributed by atoms with van der Waals surface area (Å²) in [4.78, 5) is 11.9. The van der Waals surface area contributed by atoms with E-state index >= 15 is 0 Å². The predicted octanol–water partition coefficient (Wildman–Crippen LogP) is 0.537. The van der Waals surface area contributed by atoms with Crippen molar-refractivity contribution in [2.45, 2.75) is 26.7 Å². The highest BCUT2D eigenvalue weighted by Gasteiger charge is 2.14. The molecule has 1 aromatic heterocycles. The van der Waals surface area contributed by atoms with Gasteiger partial charge >= 0.3 is 0 Å². The first kappa shape index (κ1) is 15.7. The Kier molecular flexibility index (Phi) is 5.53. The third kappa shape index (κ3) is 4.66. The second kappa shape index (κ2) is 6.70. The summed E-state index contributed by atoms with van der Waals surface area (Å²) in [7, 11) is -1.34. The first-order valence-electron chi connectivity index (χ1n) is 6.41. The largest absolute Gasteiger partial charge is 0.350 e. The zero-order valence-electron chi connectivity index (χ0n) is 11.6. The van der Waals surface area contributed by atoms with E-state index in [2.05, 4.69) is 10.4 Å². The number of carbonyl (C=O) groups excluding carboxylic acids is 1. The minimum atomic E-state index is -3.05. The van der Waals surface area contributed by atoms with Crippen molar-refractivity contribution in [1.29, 1.82) is 0 Å². The molecule has 0 fully saturated rings. The van der Waals surface area contributed by atoms with Crippen molar-refractivity contribution in [3.8, 4) is 0 Å². The summed E-state index contributed by atoms with van der Waals surface area (Å²) >= 11 is 0. The number of hydrogen-bond donors (Lipinski definition) is 1. The van der Waals surface area contributed by atoms with Crippen LogP contribution in [0.15, 0.2) is 6.07 Å². The molecule has 1 N–H and O–H groups in total. The van der Waals surface area contributed by atoms with E-state index in [1.54, 1.807) is 20.0 Å². The van der Waals surface area contributed by atoms with Crippen molar-refractivity contribution < 1.29 is 13.2 Å². The second-order valence-corrected chi connectivity index (χ2v) is 6.86. The summed E-state index contributed by atoms with van der Waals surface area (Å²) in [5, 5.41) is 6.84. The molecule has 19 heavy (non-hydrogen) atoms. The molecule has 0 atom stereocenters. The summed E-state index contributed by atoms with van der Waals surface area (Å²) in [5.41, 5.74) is 1.33. The zero-order valence-corrected chi connectivity index (χ0v) is 12.5. The fraction of sp³-hybridized carbons (Fsp3) is 0.667. The highest BCUT2D eigenvalue weighted by molar-refractivity contribution is 7.91. The monoisotopic (exact) mass is 287 g/mol. The average molecular weight is 287 g/mol. The number of sulfone groups is 1. The molecule has 1 amide bonds. The lowest BCUT2D eigenvalue weighted by atomic mass is 10.2. The summed E-state index contributed by atoms with van der Waals surface area (Å²) in [6.07, 6.45) is 1.79. The van der Waals surface area contributed by atoms with Crippen LogP contribution in [0.5, 0.6) is 0 Å².